The predicted octanol–water partition coefficient (Wildman–Crippen LogP) is 3.81. The molecule has 0 radical (unpaired) electrons. The van der Waals surface area contributed by atoms with Gasteiger partial charge < -0.3 is 19.5 Å². The number of hydrogen-bond acceptors (Lipinski definition) is 8. The largest absolute Gasteiger partial charge is 0.508 e. The molecular weight excluding hydrogens is 422 g/mol. The molecular formula is C25H27N3O5. The van der Waals surface area contributed by atoms with Gasteiger partial charge >= 0.3 is 11.9 Å². The molecule has 0 aromatic heterocycles. The Morgan fingerprint density at radius 2 is 1.82 bits per heavy atom. The van der Waals surface area contributed by atoms with Crippen molar-refractivity contribution in [1.29, 1.82) is 0 Å². The van der Waals surface area contributed by atoms with E-state index in [0.29, 0.717) is 35.3 Å². The Bertz CT molecular complexity index is 1150. The molecule has 2 aromatic carbocycles. The van der Waals surface area contributed by atoms with Crippen molar-refractivity contribution in [3.05, 3.63) is 59.2 Å². The lowest BCUT2D eigenvalue weighted by molar-refractivity contribution is -0.138. The Kier molecular flexibility index (Phi) is 6.09. The maximum absolute atomic E-state index is 12.9. The van der Waals surface area contributed by atoms with E-state index in [-0.39, 0.29) is 18.9 Å². The number of ether oxygens (including phenoxy) is 2. The van der Waals surface area contributed by atoms with Crippen molar-refractivity contribution in [2.75, 3.05) is 36.6 Å². The van der Waals surface area contributed by atoms with Gasteiger partial charge in [0.25, 0.3) is 0 Å². The molecule has 0 amide bonds. The summed E-state index contributed by atoms with van der Waals surface area (Å²) in [4.78, 5) is 34.0. The van der Waals surface area contributed by atoms with Gasteiger partial charge in [-0.2, -0.15) is 0 Å². The molecule has 0 bridgehead atoms. The van der Waals surface area contributed by atoms with E-state index in [0.717, 1.165) is 16.9 Å². The van der Waals surface area contributed by atoms with Gasteiger partial charge in [-0.1, -0.05) is 13.8 Å². The van der Waals surface area contributed by atoms with Crippen molar-refractivity contribution in [3.63, 3.8) is 0 Å². The molecule has 0 saturated heterocycles. The van der Waals surface area contributed by atoms with Crippen LogP contribution in [0, 0.1) is 5.92 Å². The second-order valence-electron chi connectivity index (χ2n) is 8.25. The van der Waals surface area contributed by atoms with Crippen LogP contribution in [0.1, 0.15) is 36.7 Å². The van der Waals surface area contributed by atoms with Crippen LogP contribution in [0.25, 0.3) is 5.70 Å². The third kappa shape index (κ3) is 4.04. The van der Waals surface area contributed by atoms with Crippen molar-refractivity contribution >= 4 is 35.0 Å². The van der Waals surface area contributed by atoms with Crippen LogP contribution in [0.15, 0.2) is 53.0 Å². The second-order valence-corrected chi connectivity index (χ2v) is 8.25. The van der Waals surface area contributed by atoms with Gasteiger partial charge in [-0.3, -0.25) is 4.90 Å². The van der Waals surface area contributed by atoms with Crippen molar-refractivity contribution < 1.29 is 24.2 Å². The molecule has 172 valence electrons. The maximum atomic E-state index is 12.9. The number of esters is 2. The summed E-state index contributed by atoms with van der Waals surface area (Å²) in [7, 11) is 1.34. The summed E-state index contributed by atoms with van der Waals surface area (Å²) in [6.45, 7) is 7.11. The first-order valence-electron chi connectivity index (χ1n) is 10.9. The molecule has 8 nitrogen and oxygen atoms in total. The Balaban J connectivity index is 1.95. The van der Waals surface area contributed by atoms with Crippen LogP contribution in [-0.2, 0) is 14.3 Å². The highest BCUT2D eigenvalue weighted by Gasteiger charge is 2.40. The molecule has 2 aliphatic rings. The first-order chi connectivity index (χ1) is 15.8. The minimum atomic E-state index is -0.448. The quantitative estimate of drug-likeness (QED) is 0.671. The number of phenolic OH excluding ortho intramolecular Hbond substituents is 1. The Morgan fingerprint density at radius 1 is 1.09 bits per heavy atom. The lowest BCUT2D eigenvalue weighted by Gasteiger charge is -2.31. The number of aromatic hydroxyl groups is 1. The summed E-state index contributed by atoms with van der Waals surface area (Å²) in [5, 5.41) is 9.82. The summed E-state index contributed by atoms with van der Waals surface area (Å²) < 4.78 is 10.3. The highest BCUT2D eigenvalue weighted by Crippen LogP contribution is 2.45. The molecule has 2 heterocycles. The molecule has 0 atom stereocenters. The zero-order chi connectivity index (χ0) is 23.7. The van der Waals surface area contributed by atoms with Crippen LogP contribution in [-0.4, -0.2) is 49.8 Å². The van der Waals surface area contributed by atoms with Crippen molar-refractivity contribution in [3.8, 4) is 5.75 Å². The highest BCUT2D eigenvalue weighted by molar-refractivity contribution is 6.26. The average Bonchev–Trinajstić information content (AvgIpc) is 3.11. The fraction of sp³-hybridized carbons (Fsp3) is 0.320. The van der Waals surface area contributed by atoms with Crippen LogP contribution < -0.4 is 9.80 Å². The first kappa shape index (κ1) is 22.4. The van der Waals surface area contributed by atoms with Crippen molar-refractivity contribution in [1.82, 2.24) is 0 Å². The minimum Gasteiger partial charge on any atom is -0.508 e. The van der Waals surface area contributed by atoms with Crippen molar-refractivity contribution in [2.45, 2.75) is 20.8 Å². The highest BCUT2D eigenvalue weighted by atomic mass is 16.5. The molecule has 8 heteroatoms. The standard InChI is InChI=1S/C25H27N3O5/c1-5-33-24(31)19-13-26-25-27(14-15(2)3)20-11-8-17(23(30)32-4)12-21(20)28(25)22(19)16-6-9-18(29)10-7-16/h6-12,15,29H,5,13-14H2,1-4H3. The van der Waals surface area contributed by atoms with Gasteiger partial charge in [-0.15, -0.1) is 0 Å². The summed E-state index contributed by atoms with van der Waals surface area (Å²) in [5.74, 6) is 0.246. The number of aliphatic imine (C=N–C) groups is 1. The number of rotatable bonds is 6. The fourth-order valence-electron chi connectivity index (χ4n) is 4.10. The number of methoxy groups -OCH3 is 1. The molecule has 0 aliphatic carbocycles. The molecule has 0 unspecified atom stereocenters. The van der Waals surface area contributed by atoms with E-state index in [1.807, 2.05) is 11.0 Å². The summed E-state index contributed by atoms with van der Waals surface area (Å²) in [6, 6.07) is 12.0. The monoisotopic (exact) mass is 449 g/mol. The lowest BCUT2D eigenvalue weighted by Crippen LogP contribution is -2.43. The molecule has 0 fully saturated rings. The van der Waals surface area contributed by atoms with Crippen LogP contribution in [0.4, 0.5) is 11.4 Å². The van der Waals surface area contributed by atoms with E-state index in [1.54, 1.807) is 43.3 Å². The van der Waals surface area contributed by atoms with Gasteiger partial charge in [0.15, 0.2) is 0 Å². The SMILES string of the molecule is CCOC(=O)C1=C(c2ccc(O)cc2)N2C(=NC1)N(CC(C)C)c1ccc(C(=O)OC)cc12. The number of carbonyl (C=O) groups is 2. The van der Waals surface area contributed by atoms with Gasteiger partial charge in [0.05, 0.1) is 48.5 Å². The molecule has 0 saturated carbocycles. The summed E-state index contributed by atoms with van der Waals surface area (Å²) in [6.07, 6.45) is 0. The van der Waals surface area contributed by atoms with Gasteiger partial charge in [0.1, 0.15) is 5.75 Å². The Labute approximate surface area is 192 Å². The average molecular weight is 450 g/mol. The normalized spacial score (nSPS) is 14.8. The summed E-state index contributed by atoms with van der Waals surface area (Å²) in [5.41, 5.74) is 3.76. The third-order valence-electron chi connectivity index (χ3n) is 5.47. The van der Waals surface area contributed by atoms with E-state index in [2.05, 4.69) is 18.7 Å². The number of benzene rings is 2. The van der Waals surface area contributed by atoms with Crippen molar-refractivity contribution in [2.24, 2.45) is 10.9 Å². The zero-order valence-corrected chi connectivity index (χ0v) is 19.2. The number of fused-ring (bicyclic) bond motifs is 3. The second kappa shape index (κ2) is 8.97. The molecule has 2 aromatic rings. The summed E-state index contributed by atoms with van der Waals surface area (Å²) >= 11 is 0. The number of phenols is 1. The predicted molar refractivity (Wildman–Crippen MR) is 126 cm³/mol. The van der Waals surface area contributed by atoms with E-state index < -0.39 is 11.9 Å². The third-order valence-corrected chi connectivity index (χ3v) is 5.47. The fourth-order valence-corrected chi connectivity index (χ4v) is 4.10. The Hall–Kier alpha value is -3.81. The first-order valence-corrected chi connectivity index (χ1v) is 10.9. The van der Waals surface area contributed by atoms with Crippen LogP contribution in [0.2, 0.25) is 0 Å². The topological polar surface area (TPSA) is 91.7 Å². The molecule has 0 spiro atoms. The number of nitrogens with zero attached hydrogens (tertiary/aromatic N) is 3. The van der Waals surface area contributed by atoms with Crippen LogP contribution in [0.5, 0.6) is 5.75 Å². The minimum absolute atomic E-state index is 0.123. The molecule has 2 aliphatic heterocycles. The lowest BCUT2D eigenvalue weighted by atomic mass is 10.0. The van der Waals surface area contributed by atoms with E-state index >= 15 is 0 Å². The van der Waals surface area contributed by atoms with Gasteiger partial charge in [-0.05, 0) is 60.9 Å². The number of carbonyl (C=O) groups excluding carboxylic acids is 2. The molecule has 33 heavy (non-hydrogen) atoms. The molecule has 4 rings (SSSR count). The van der Waals surface area contributed by atoms with Crippen LogP contribution >= 0.6 is 0 Å². The van der Waals surface area contributed by atoms with Gasteiger partial charge in [0.2, 0.25) is 5.96 Å². The Morgan fingerprint density at radius 3 is 2.45 bits per heavy atom. The van der Waals surface area contributed by atoms with Gasteiger partial charge in [-0.25, -0.2) is 14.6 Å². The molecule has 1 N–H and O–H groups in total. The number of guanidine groups is 1. The van der Waals surface area contributed by atoms with E-state index in [1.165, 1.54) is 7.11 Å². The number of hydrogen-bond donors (Lipinski definition) is 1. The smallest absolute Gasteiger partial charge is 0.338 e. The number of anilines is 2. The van der Waals surface area contributed by atoms with Crippen LogP contribution in [0.3, 0.4) is 0 Å². The van der Waals surface area contributed by atoms with E-state index in [4.69, 9.17) is 14.5 Å². The van der Waals surface area contributed by atoms with Gasteiger partial charge in [0, 0.05) is 6.54 Å². The zero-order valence-electron chi connectivity index (χ0n) is 19.2. The maximum Gasteiger partial charge on any atom is 0.338 e. The van der Waals surface area contributed by atoms with E-state index in [9.17, 15) is 14.7 Å².